The molecule has 2 aromatic heterocycles. The van der Waals surface area contributed by atoms with Crippen molar-refractivity contribution in [3.63, 3.8) is 0 Å². The van der Waals surface area contributed by atoms with E-state index in [-0.39, 0.29) is 0 Å². The summed E-state index contributed by atoms with van der Waals surface area (Å²) in [5, 5.41) is 10.2. The van der Waals surface area contributed by atoms with Gasteiger partial charge in [0.15, 0.2) is 5.82 Å². The fourth-order valence-electron chi connectivity index (χ4n) is 2.04. The number of aryl methyl sites for hydroxylation is 1. The fourth-order valence-corrected chi connectivity index (χ4v) is 2.04. The Morgan fingerprint density at radius 1 is 0.913 bits per heavy atom. The predicted octanol–water partition coefficient (Wildman–Crippen LogP) is 3.33. The molecular formula is C16H18N6O. The predicted molar refractivity (Wildman–Crippen MR) is 90.6 cm³/mol. The number of aromatic nitrogens is 3. The molecule has 0 fully saturated rings. The lowest BCUT2D eigenvalue weighted by atomic mass is 10.2. The monoisotopic (exact) mass is 310 g/mol. The van der Waals surface area contributed by atoms with Gasteiger partial charge in [0.1, 0.15) is 23.7 Å². The molecule has 7 nitrogen and oxygen atoms in total. The lowest BCUT2D eigenvalue weighted by molar-refractivity contribution is 0.400. The minimum Gasteiger partial charge on any atom is -0.378 e. The smallest absolute Gasteiger partial charge is 0.175 e. The second-order valence-corrected chi connectivity index (χ2v) is 5.30. The van der Waals surface area contributed by atoms with Crippen LogP contribution >= 0.6 is 0 Å². The highest BCUT2D eigenvalue weighted by molar-refractivity contribution is 5.63. The second kappa shape index (κ2) is 6.35. The fraction of sp³-hybridized carbons (Fsp3) is 0.188. The van der Waals surface area contributed by atoms with E-state index in [1.54, 1.807) is 6.07 Å². The Labute approximate surface area is 134 Å². The van der Waals surface area contributed by atoms with Gasteiger partial charge in [-0.05, 0) is 31.2 Å². The van der Waals surface area contributed by atoms with Gasteiger partial charge >= 0.3 is 0 Å². The number of benzene rings is 1. The van der Waals surface area contributed by atoms with Crippen molar-refractivity contribution in [3.8, 4) is 0 Å². The average Bonchev–Trinajstić information content (AvgIpc) is 2.93. The van der Waals surface area contributed by atoms with Gasteiger partial charge in [-0.2, -0.15) is 0 Å². The van der Waals surface area contributed by atoms with Gasteiger partial charge in [-0.25, -0.2) is 9.97 Å². The first-order chi connectivity index (χ1) is 11.1. The zero-order chi connectivity index (χ0) is 16.2. The molecule has 0 bridgehead atoms. The van der Waals surface area contributed by atoms with E-state index >= 15 is 0 Å². The lowest BCUT2D eigenvalue weighted by Gasteiger charge is -2.13. The van der Waals surface area contributed by atoms with Crippen molar-refractivity contribution in [1.29, 1.82) is 0 Å². The molecule has 3 rings (SSSR count). The van der Waals surface area contributed by atoms with Gasteiger partial charge in [-0.3, -0.25) is 0 Å². The summed E-state index contributed by atoms with van der Waals surface area (Å²) >= 11 is 0. The molecule has 23 heavy (non-hydrogen) atoms. The minimum absolute atomic E-state index is 0.613. The highest BCUT2D eigenvalue weighted by atomic mass is 16.5. The lowest BCUT2D eigenvalue weighted by Crippen LogP contribution is -2.08. The maximum Gasteiger partial charge on any atom is 0.175 e. The molecule has 7 heteroatoms. The third-order valence-electron chi connectivity index (χ3n) is 3.21. The van der Waals surface area contributed by atoms with Crippen LogP contribution in [0.25, 0.3) is 0 Å². The van der Waals surface area contributed by atoms with Crippen molar-refractivity contribution in [2.24, 2.45) is 0 Å². The molecule has 0 spiro atoms. The van der Waals surface area contributed by atoms with Gasteiger partial charge in [0, 0.05) is 37.6 Å². The summed E-state index contributed by atoms with van der Waals surface area (Å²) < 4.78 is 5.02. The van der Waals surface area contributed by atoms with E-state index in [1.807, 2.05) is 51.4 Å². The van der Waals surface area contributed by atoms with E-state index in [4.69, 9.17) is 4.52 Å². The van der Waals surface area contributed by atoms with Gasteiger partial charge in [0.25, 0.3) is 0 Å². The van der Waals surface area contributed by atoms with Crippen molar-refractivity contribution in [3.05, 3.63) is 48.5 Å². The van der Waals surface area contributed by atoms with Gasteiger partial charge in [0.05, 0.1) is 0 Å². The van der Waals surface area contributed by atoms with Crippen LogP contribution in [-0.2, 0) is 0 Å². The van der Waals surface area contributed by atoms with Gasteiger partial charge in [-0.1, -0.05) is 5.16 Å². The molecule has 0 unspecified atom stereocenters. The highest BCUT2D eigenvalue weighted by Gasteiger charge is 2.04. The summed E-state index contributed by atoms with van der Waals surface area (Å²) in [4.78, 5) is 10.4. The van der Waals surface area contributed by atoms with Gasteiger partial charge in [0.2, 0.25) is 0 Å². The molecule has 3 aromatic rings. The van der Waals surface area contributed by atoms with Crippen molar-refractivity contribution in [1.82, 2.24) is 15.1 Å². The Kier molecular flexibility index (Phi) is 4.09. The third-order valence-corrected chi connectivity index (χ3v) is 3.21. The van der Waals surface area contributed by atoms with Crippen LogP contribution in [0.4, 0.5) is 28.8 Å². The Morgan fingerprint density at radius 3 is 2.22 bits per heavy atom. The summed E-state index contributed by atoms with van der Waals surface area (Å²) in [6.45, 7) is 1.84. The Hall–Kier alpha value is -3.09. The molecule has 0 atom stereocenters. The molecule has 0 radical (unpaired) electrons. The van der Waals surface area contributed by atoms with Gasteiger partial charge in [-0.15, -0.1) is 0 Å². The van der Waals surface area contributed by atoms with E-state index < -0.39 is 0 Å². The number of hydrogen-bond acceptors (Lipinski definition) is 7. The summed E-state index contributed by atoms with van der Waals surface area (Å²) in [7, 11) is 4.02. The number of hydrogen-bond donors (Lipinski definition) is 2. The van der Waals surface area contributed by atoms with Crippen LogP contribution in [0.3, 0.4) is 0 Å². The molecule has 2 heterocycles. The van der Waals surface area contributed by atoms with E-state index in [0.29, 0.717) is 17.5 Å². The van der Waals surface area contributed by atoms with Crippen LogP contribution in [-0.4, -0.2) is 29.2 Å². The van der Waals surface area contributed by atoms with Crippen LogP contribution in [0, 0.1) is 6.92 Å². The Morgan fingerprint density at radius 2 is 1.61 bits per heavy atom. The summed E-state index contributed by atoms with van der Waals surface area (Å²) in [5.74, 6) is 2.68. The van der Waals surface area contributed by atoms with Crippen molar-refractivity contribution < 1.29 is 4.52 Å². The van der Waals surface area contributed by atoms with Gasteiger partial charge < -0.3 is 20.1 Å². The van der Waals surface area contributed by atoms with Crippen LogP contribution in [0.2, 0.25) is 0 Å². The maximum absolute atomic E-state index is 5.02. The zero-order valence-electron chi connectivity index (χ0n) is 13.2. The first kappa shape index (κ1) is 14.8. The number of nitrogens with zero attached hydrogens (tertiary/aromatic N) is 4. The molecule has 2 N–H and O–H groups in total. The standard InChI is InChI=1S/C16H18N6O/c1-11-8-16(21-23-11)20-15-9-14(17-10-18-15)19-12-4-6-13(7-5-12)22(2)3/h4-10H,1-3H3,(H2,17,18,19,20,21). The van der Waals surface area contributed by atoms with Crippen LogP contribution in [0.5, 0.6) is 0 Å². The van der Waals surface area contributed by atoms with Crippen LogP contribution < -0.4 is 15.5 Å². The van der Waals surface area contributed by atoms with Crippen LogP contribution in [0.1, 0.15) is 5.76 Å². The molecule has 0 aliphatic carbocycles. The van der Waals surface area contributed by atoms with E-state index in [1.165, 1.54) is 6.33 Å². The molecule has 1 aromatic carbocycles. The second-order valence-electron chi connectivity index (χ2n) is 5.30. The highest BCUT2D eigenvalue weighted by Crippen LogP contribution is 2.21. The minimum atomic E-state index is 0.613. The Bertz CT molecular complexity index is 781. The number of anilines is 5. The first-order valence-corrected chi connectivity index (χ1v) is 7.17. The Balaban J connectivity index is 1.72. The van der Waals surface area contributed by atoms with Crippen molar-refractivity contribution in [2.45, 2.75) is 6.92 Å². The quantitative estimate of drug-likeness (QED) is 0.748. The maximum atomic E-state index is 5.02. The van der Waals surface area contributed by atoms with E-state index in [9.17, 15) is 0 Å². The average molecular weight is 310 g/mol. The molecule has 0 aliphatic rings. The van der Waals surface area contributed by atoms with Crippen LogP contribution in [0.15, 0.2) is 47.2 Å². The zero-order valence-corrected chi connectivity index (χ0v) is 13.2. The van der Waals surface area contributed by atoms with E-state index in [0.717, 1.165) is 17.1 Å². The number of rotatable bonds is 5. The number of nitrogens with one attached hydrogen (secondary N) is 2. The molecular weight excluding hydrogens is 292 g/mol. The molecule has 0 saturated heterocycles. The molecule has 0 saturated carbocycles. The topological polar surface area (TPSA) is 79.1 Å². The largest absolute Gasteiger partial charge is 0.378 e. The SMILES string of the molecule is Cc1cc(Nc2cc(Nc3ccc(N(C)C)cc3)ncn2)no1. The normalized spacial score (nSPS) is 10.4. The molecule has 118 valence electrons. The summed E-state index contributed by atoms with van der Waals surface area (Å²) in [6.07, 6.45) is 1.49. The van der Waals surface area contributed by atoms with Crippen molar-refractivity contribution in [2.75, 3.05) is 29.6 Å². The summed E-state index contributed by atoms with van der Waals surface area (Å²) in [6, 6.07) is 11.7. The van der Waals surface area contributed by atoms with E-state index in [2.05, 4.69) is 30.7 Å². The summed E-state index contributed by atoms with van der Waals surface area (Å²) in [5.41, 5.74) is 2.10. The first-order valence-electron chi connectivity index (χ1n) is 7.17. The molecule has 0 aliphatic heterocycles. The molecule has 0 amide bonds. The third kappa shape index (κ3) is 3.76. The van der Waals surface area contributed by atoms with Crippen molar-refractivity contribution >= 4 is 28.8 Å².